The summed E-state index contributed by atoms with van der Waals surface area (Å²) in [4.78, 5) is 4.27. The number of fused-ring (bicyclic) bond motifs is 1. The lowest BCUT2D eigenvalue weighted by Crippen LogP contribution is -2.44. The number of ether oxygens (including phenoxy) is 1. The lowest BCUT2D eigenvalue weighted by molar-refractivity contribution is 0.197. The van der Waals surface area contributed by atoms with E-state index in [4.69, 9.17) is 4.74 Å². The van der Waals surface area contributed by atoms with E-state index in [-0.39, 0.29) is 6.10 Å². The highest BCUT2D eigenvalue weighted by Crippen LogP contribution is 2.35. The molecule has 0 bridgehead atoms. The fraction of sp³-hybridized carbons (Fsp3) is 0.357. The number of imidazole rings is 1. The molecule has 0 amide bonds. The van der Waals surface area contributed by atoms with Gasteiger partial charge in [-0.2, -0.15) is 0 Å². The minimum Gasteiger partial charge on any atom is -0.486 e. The highest BCUT2D eigenvalue weighted by molar-refractivity contribution is 7.92. The van der Waals surface area contributed by atoms with E-state index in [2.05, 4.69) is 4.98 Å². The van der Waals surface area contributed by atoms with Gasteiger partial charge in [0, 0.05) is 25.9 Å². The van der Waals surface area contributed by atoms with Crippen molar-refractivity contribution in [1.29, 1.82) is 0 Å². The molecule has 0 unspecified atom stereocenters. The third-order valence-corrected chi connectivity index (χ3v) is 4.68. The number of anilines is 1. The van der Waals surface area contributed by atoms with Crippen LogP contribution in [0.2, 0.25) is 0 Å². The van der Waals surface area contributed by atoms with Gasteiger partial charge in [-0.15, -0.1) is 0 Å². The summed E-state index contributed by atoms with van der Waals surface area (Å²) in [6.45, 7) is 0.294. The number of aromatic nitrogens is 2. The minimum atomic E-state index is -3.34. The van der Waals surface area contributed by atoms with Gasteiger partial charge in [-0.3, -0.25) is 4.31 Å². The van der Waals surface area contributed by atoms with E-state index in [1.165, 1.54) is 10.6 Å². The van der Waals surface area contributed by atoms with Gasteiger partial charge in [0.1, 0.15) is 17.7 Å². The van der Waals surface area contributed by atoms with Crippen molar-refractivity contribution < 1.29 is 13.2 Å². The van der Waals surface area contributed by atoms with Crippen molar-refractivity contribution in [2.24, 2.45) is 7.05 Å². The van der Waals surface area contributed by atoms with Crippen LogP contribution in [0.4, 0.5) is 5.69 Å². The Balaban J connectivity index is 1.92. The van der Waals surface area contributed by atoms with Crippen LogP contribution in [0, 0.1) is 0 Å². The Morgan fingerprint density at radius 3 is 2.81 bits per heavy atom. The van der Waals surface area contributed by atoms with Crippen molar-refractivity contribution in [3.63, 3.8) is 0 Å². The molecule has 1 atom stereocenters. The SMILES string of the molecule is Cn1ccnc1C[C@H]1CN(S(C)(=O)=O)c2ccccc2O1. The Hall–Kier alpha value is -2.02. The van der Waals surface area contributed by atoms with Crippen LogP contribution < -0.4 is 9.04 Å². The van der Waals surface area contributed by atoms with Crippen LogP contribution in [0.1, 0.15) is 5.82 Å². The van der Waals surface area contributed by atoms with Gasteiger partial charge in [0.25, 0.3) is 0 Å². The quantitative estimate of drug-likeness (QED) is 0.854. The Morgan fingerprint density at radius 1 is 1.38 bits per heavy atom. The van der Waals surface area contributed by atoms with Gasteiger partial charge in [0.05, 0.1) is 18.5 Å². The number of benzene rings is 1. The largest absolute Gasteiger partial charge is 0.486 e. The first kappa shape index (κ1) is 13.9. The predicted molar refractivity (Wildman–Crippen MR) is 80.0 cm³/mol. The Labute approximate surface area is 124 Å². The summed E-state index contributed by atoms with van der Waals surface area (Å²) in [7, 11) is -1.42. The maximum atomic E-state index is 12.0. The zero-order valence-electron chi connectivity index (χ0n) is 11.9. The van der Waals surface area contributed by atoms with Crippen LogP contribution in [0.25, 0.3) is 0 Å². The van der Waals surface area contributed by atoms with Crippen LogP contribution in [0.5, 0.6) is 5.75 Å². The van der Waals surface area contributed by atoms with Crippen molar-refractivity contribution in [1.82, 2.24) is 9.55 Å². The molecule has 112 valence electrons. The van der Waals surface area contributed by atoms with Crippen LogP contribution in [0.15, 0.2) is 36.7 Å². The molecule has 1 aliphatic rings. The first-order valence-corrected chi connectivity index (χ1v) is 8.49. The van der Waals surface area contributed by atoms with E-state index in [0.717, 1.165) is 5.82 Å². The van der Waals surface area contributed by atoms with Crippen molar-refractivity contribution >= 4 is 15.7 Å². The molecule has 0 saturated heterocycles. The highest BCUT2D eigenvalue weighted by atomic mass is 32.2. The normalized spacial score (nSPS) is 18.2. The van der Waals surface area contributed by atoms with E-state index in [0.29, 0.717) is 24.4 Å². The molecular weight excluding hydrogens is 290 g/mol. The van der Waals surface area contributed by atoms with Crippen LogP contribution in [-0.2, 0) is 23.5 Å². The van der Waals surface area contributed by atoms with Crippen molar-refractivity contribution in [2.75, 3.05) is 17.1 Å². The molecule has 0 fully saturated rings. The van der Waals surface area contributed by atoms with Gasteiger partial charge in [-0.05, 0) is 12.1 Å². The first-order chi connectivity index (χ1) is 9.95. The zero-order chi connectivity index (χ0) is 15.0. The van der Waals surface area contributed by atoms with Gasteiger partial charge < -0.3 is 9.30 Å². The number of hydrogen-bond donors (Lipinski definition) is 0. The van der Waals surface area contributed by atoms with Crippen molar-refractivity contribution in [3.05, 3.63) is 42.5 Å². The molecule has 3 rings (SSSR count). The molecule has 6 nitrogen and oxygen atoms in total. The zero-order valence-corrected chi connectivity index (χ0v) is 12.7. The molecule has 0 aliphatic carbocycles. The third kappa shape index (κ3) is 2.73. The van der Waals surface area contributed by atoms with Gasteiger partial charge in [-0.25, -0.2) is 13.4 Å². The molecule has 7 heteroatoms. The van der Waals surface area contributed by atoms with E-state index >= 15 is 0 Å². The van der Waals surface area contributed by atoms with Gasteiger partial charge in [-0.1, -0.05) is 12.1 Å². The van der Waals surface area contributed by atoms with Gasteiger partial charge >= 0.3 is 0 Å². The summed E-state index contributed by atoms with van der Waals surface area (Å²) >= 11 is 0. The number of nitrogens with zero attached hydrogens (tertiary/aromatic N) is 3. The van der Waals surface area contributed by atoms with E-state index < -0.39 is 10.0 Å². The fourth-order valence-corrected chi connectivity index (χ4v) is 3.43. The smallest absolute Gasteiger partial charge is 0.232 e. The average molecular weight is 307 g/mol. The molecule has 1 aromatic heterocycles. The molecular formula is C14H17N3O3S. The number of hydrogen-bond acceptors (Lipinski definition) is 4. The van der Waals surface area contributed by atoms with Gasteiger partial charge in [0.2, 0.25) is 10.0 Å². The van der Waals surface area contributed by atoms with Gasteiger partial charge in [0.15, 0.2) is 0 Å². The molecule has 1 aromatic carbocycles. The maximum absolute atomic E-state index is 12.0. The van der Waals surface area contributed by atoms with E-state index in [1.54, 1.807) is 24.4 Å². The maximum Gasteiger partial charge on any atom is 0.232 e. The third-order valence-electron chi connectivity index (χ3n) is 3.53. The standard InChI is InChI=1S/C14H17N3O3S/c1-16-8-7-15-14(16)9-11-10-17(21(2,18)19)12-5-3-4-6-13(12)20-11/h3-8,11H,9-10H2,1-2H3/t11-/m0/s1. The summed E-state index contributed by atoms with van der Waals surface area (Å²) < 4.78 is 33.3. The van der Waals surface area contributed by atoms with Crippen molar-refractivity contribution in [3.8, 4) is 5.75 Å². The Bertz CT molecular complexity index is 754. The number of rotatable bonds is 3. The molecule has 2 aromatic rings. The second-order valence-corrected chi connectivity index (χ2v) is 7.07. The summed E-state index contributed by atoms with van der Waals surface area (Å²) in [5, 5.41) is 0. The second kappa shape index (κ2) is 5.07. The molecule has 0 radical (unpaired) electrons. The molecule has 21 heavy (non-hydrogen) atoms. The Morgan fingerprint density at radius 2 is 2.14 bits per heavy atom. The number of aryl methyl sites for hydroxylation is 1. The van der Waals surface area contributed by atoms with E-state index in [9.17, 15) is 8.42 Å². The summed E-state index contributed by atoms with van der Waals surface area (Å²) in [6.07, 6.45) is 5.10. The molecule has 2 heterocycles. The fourth-order valence-electron chi connectivity index (χ4n) is 2.48. The van der Waals surface area contributed by atoms with Crippen LogP contribution in [0.3, 0.4) is 0 Å². The summed E-state index contributed by atoms with van der Waals surface area (Å²) in [6, 6.07) is 7.19. The van der Waals surface area contributed by atoms with Crippen molar-refractivity contribution in [2.45, 2.75) is 12.5 Å². The van der Waals surface area contributed by atoms with Crippen LogP contribution in [-0.4, -0.2) is 36.9 Å². The highest BCUT2D eigenvalue weighted by Gasteiger charge is 2.31. The number of sulfonamides is 1. The lowest BCUT2D eigenvalue weighted by Gasteiger charge is -2.34. The predicted octanol–water partition coefficient (Wildman–Crippen LogP) is 1.19. The monoisotopic (exact) mass is 307 g/mol. The minimum absolute atomic E-state index is 0.254. The topological polar surface area (TPSA) is 64.4 Å². The van der Waals surface area contributed by atoms with Crippen LogP contribution >= 0.6 is 0 Å². The molecule has 0 spiro atoms. The average Bonchev–Trinajstić information content (AvgIpc) is 2.82. The second-order valence-electron chi connectivity index (χ2n) is 5.16. The lowest BCUT2D eigenvalue weighted by atomic mass is 10.2. The molecule has 0 saturated carbocycles. The Kier molecular flexibility index (Phi) is 3.36. The molecule has 0 N–H and O–H groups in total. The first-order valence-electron chi connectivity index (χ1n) is 6.65. The molecule has 1 aliphatic heterocycles. The summed E-state index contributed by atoms with van der Waals surface area (Å²) in [5.41, 5.74) is 0.594. The summed E-state index contributed by atoms with van der Waals surface area (Å²) in [5.74, 6) is 1.46. The van der Waals surface area contributed by atoms with E-state index in [1.807, 2.05) is 23.9 Å². The number of para-hydroxylation sites is 2.